The van der Waals surface area contributed by atoms with Crippen LogP contribution in [0.3, 0.4) is 0 Å². The monoisotopic (exact) mass is 388 g/mol. The summed E-state index contributed by atoms with van der Waals surface area (Å²) < 4.78 is 32.9. The Morgan fingerprint density at radius 3 is 2.57 bits per heavy atom. The summed E-state index contributed by atoms with van der Waals surface area (Å²) in [6.07, 6.45) is 5.74. The summed E-state index contributed by atoms with van der Waals surface area (Å²) in [7, 11) is 2.08. The maximum atomic E-state index is 15.8. The molecule has 28 heavy (non-hydrogen) atoms. The van der Waals surface area contributed by atoms with Crippen LogP contribution in [0.1, 0.15) is 37.3 Å². The average Bonchev–Trinajstić information content (AvgIpc) is 3.41. The molecule has 0 radical (unpaired) electrons. The van der Waals surface area contributed by atoms with Gasteiger partial charge in [0.05, 0.1) is 16.6 Å². The quantitative estimate of drug-likeness (QED) is 0.804. The third kappa shape index (κ3) is 2.48. The second-order valence-electron chi connectivity index (χ2n) is 8.75. The number of nitrogen functional groups attached to an aromatic ring is 1. The molecule has 2 aromatic rings. The highest BCUT2D eigenvalue weighted by Crippen LogP contribution is 2.43. The molecule has 7 heteroatoms. The van der Waals surface area contributed by atoms with Crippen LogP contribution in [0.2, 0.25) is 0 Å². The minimum absolute atomic E-state index is 0.0145. The lowest BCUT2D eigenvalue weighted by Gasteiger charge is -2.33. The Balaban J connectivity index is 1.71. The van der Waals surface area contributed by atoms with E-state index in [9.17, 15) is 4.79 Å². The molecule has 2 aliphatic heterocycles. The fourth-order valence-electron chi connectivity index (χ4n) is 5.19. The third-order valence-electron chi connectivity index (χ3n) is 6.86. The molecule has 0 amide bonds. The molecule has 3 heterocycles. The maximum absolute atomic E-state index is 15.8. The van der Waals surface area contributed by atoms with Gasteiger partial charge < -0.3 is 20.1 Å². The first kappa shape index (κ1) is 17.9. The van der Waals surface area contributed by atoms with Crippen LogP contribution in [0, 0.1) is 24.5 Å². The van der Waals surface area contributed by atoms with Crippen LogP contribution in [0.15, 0.2) is 11.0 Å². The number of likely N-dealkylation sites (tertiary alicyclic amines) is 1. The van der Waals surface area contributed by atoms with Crippen LogP contribution in [-0.4, -0.2) is 42.2 Å². The second kappa shape index (κ2) is 6.17. The number of aryl methyl sites for hydroxylation is 1. The Bertz CT molecular complexity index is 1030. The van der Waals surface area contributed by atoms with Crippen molar-refractivity contribution in [2.75, 3.05) is 37.3 Å². The minimum Gasteiger partial charge on any atom is -0.396 e. The minimum atomic E-state index is -0.795. The van der Waals surface area contributed by atoms with Gasteiger partial charge in [0, 0.05) is 36.9 Å². The van der Waals surface area contributed by atoms with Crippen LogP contribution in [-0.2, 0) is 0 Å². The highest BCUT2D eigenvalue weighted by molar-refractivity contribution is 5.95. The number of fused-ring (bicyclic) bond motifs is 2. The summed E-state index contributed by atoms with van der Waals surface area (Å²) in [5.74, 6) is -1.04. The molecule has 1 aliphatic carbocycles. The number of hydrogen-bond acceptors (Lipinski definition) is 4. The second-order valence-corrected chi connectivity index (χ2v) is 8.75. The predicted molar refractivity (Wildman–Crippen MR) is 107 cm³/mol. The Morgan fingerprint density at radius 1 is 1.14 bits per heavy atom. The first-order valence-electron chi connectivity index (χ1n) is 10.2. The lowest BCUT2D eigenvalue weighted by atomic mass is 9.93. The fraction of sp³-hybridized carbons (Fsp3) is 0.571. The van der Waals surface area contributed by atoms with Gasteiger partial charge in [-0.25, -0.2) is 8.78 Å². The number of aromatic nitrogens is 1. The standard InChI is InChI=1S/C21H26F2N4O/c1-11-8-27(13-5-6-13)19-15(21(11)28)18(24)16(22)20(17(19)23)26-9-12-4-3-7-25(2)14(12)10-26/h8,12-14H,3-7,9-10,24H2,1-2H3. The Morgan fingerprint density at radius 2 is 1.89 bits per heavy atom. The average molecular weight is 388 g/mol. The van der Waals surface area contributed by atoms with Crippen LogP contribution < -0.4 is 16.1 Å². The number of piperidine rings is 1. The van der Waals surface area contributed by atoms with Crippen LogP contribution in [0.5, 0.6) is 0 Å². The molecule has 2 N–H and O–H groups in total. The molecule has 2 atom stereocenters. The molecule has 2 saturated heterocycles. The summed E-state index contributed by atoms with van der Waals surface area (Å²) in [5, 5.41) is -0.0145. The number of likely N-dealkylation sites (N-methyl/N-ethyl adjacent to an activating group) is 1. The van der Waals surface area contributed by atoms with E-state index < -0.39 is 11.6 Å². The van der Waals surface area contributed by atoms with Crippen molar-refractivity contribution in [1.29, 1.82) is 0 Å². The van der Waals surface area contributed by atoms with Crippen molar-refractivity contribution in [1.82, 2.24) is 9.47 Å². The smallest absolute Gasteiger partial charge is 0.194 e. The van der Waals surface area contributed by atoms with Gasteiger partial charge in [0.15, 0.2) is 17.1 Å². The molecular formula is C21H26F2N4O. The van der Waals surface area contributed by atoms with Gasteiger partial charge in [-0.2, -0.15) is 0 Å². The molecular weight excluding hydrogens is 362 g/mol. The van der Waals surface area contributed by atoms with Gasteiger partial charge in [-0.15, -0.1) is 0 Å². The molecule has 0 spiro atoms. The molecule has 1 saturated carbocycles. The van der Waals surface area contributed by atoms with Gasteiger partial charge in [-0.05, 0) is 52.1 Å². The van der Waals surface area contributed by atoms with E-state index in [2.05, 4.69) is 11.9 Å². The summed E-state index contributed by atoms with van der Waals surface area (Å²) in [5.41, 5.74) is 6.05. The molecule has 2 unspecified atom stereocenters. The van der Waals surface area contributed by atoms with E-state index in [1.54, 1.807) is 22.6 Å². The lowest BCUT2D eigenvalue weighted by Crippen LogP contribution is -2.42. The number of hydrogen-bond donors (Lipinski definition) is 1. The number of benzene rings is 1. The van der Waals surface area contributed by atoms with Crippen molar-refractivity contribution in [3.8, 4) is 0 Å². The van der Waals surface area contributed by atoms with E-state index in [0.29, 0.717) is 30.6 Å². The number of rotatable bonds is 2. The first-order chi connectivity index (χ1) is 13.4. The van der Waals surface area contributed by atoms with Gasteiger partial charge >= 0.3 is 0 Å². The van der Waals surface area contributed by atoms with E-state index in [1.165, 1.54) is 0 Å². The molecule has 1 aromatic carbocycles. The van der Waals surface area contributed by atoms with Gasteiger partial charge in [-0.3, -0.25) is 4.79 Å². The topological polar surface area (TPSA) is 54.5 Å². The van der Waals surface area contributed by atoms with Crippen molar-refractivity contribution in [3.63, 3.8) is 0 Å². The van der Waals surface area contributed by atoms with Crippen LogP contribution in [0.4, 0.5) is 20.2 Å². The Kier molecular flexibility index (Phi) is 3.95. The van der Waals surface area contributed by atoms with E-state index in [-0.39, 0.29) is 33.7 Å². The zero-order chi connectivity index (χ0) is 19.7. The molecule has 3 fully saturated rings. The third-order valence-corrected chi connectivity index (χ3v) is 6.86. The lowest BCUT2D eigenvalue weighted by molar-refractivity contribution is 0.158. The zero-order valence-electron chi connectivity index (χ0n) is 16.3. The zero-order valence-corrected chi connectivity index (χ0v) is 16.3. The summed E-state index contributed by atoms with van der Waals surface area (Å²) >= 11 is 0. The van der Waals surface area contributed by atoms with E-state index in [1.807, 2.05) is 0 Å². The van der Waals surface area contributed by atoms with Crippen molar-refractivity contribution in [2.45, 2.75) is 44.7 Å². The summed E-state index contributed by atoms with van der Waals surface area (Å²) in [6.45, 7) is 3.89. The highest BCUT2D eigenvalue weighted by atomic mass is 19.1. The molecule has 5 rings (SSSR count). The number of nitrogens with two attached hydrogens (primary N) is 1. The van der Waals surface area contributed by atoms with Crippen LogP contribution >= 0.6 is 0 Å². The first-order valence-corrected chi connectivity index (χ1v) is 10.2. The predicted octanol–water partition coefficient (Wildman–Crippen LogP) is 3.04. The maximum Gasteiger partial charge on any atom is 0.194 e. The Hall–Kier alpha value is -2.15. The number of anilines is 2. The largest absolute Gasteiger partial charge is 0.396 e. The molecule has 0 bridgehead atoms. The Labute approximate surface area is 162 Å². The van der Waals surface area contributed by atoms with E-state index >= 15 is 8.78 Å². The van der Waals surface area contributed by atoms with Crippen LogP contribution in [0.25, 0.3) is 10.9 Å². The van der Waals surface area contributed by atoms with E-state index in [4.69, 9.17) is 5.73 Å². The summed E-state index contributed by atoms with van der Waals surface area (Å²) in [4.78, 5) is 16.8. The SMILES string of the molecule is Cc1cn(C2CC2)c2c(F)c(N3CC4CCCN(C)C4C3)c(F)c(N)c2c1=O. The molecule has 150 valence electrons. The van der Waals surface area contributed by atoms with Gasteiger partial charge in [-0.1, -0.05) is 0 Å². The van der Waals surface area contributed by atoms with Crippen molar-refractivity contribution in [3.05, 3.63) is 33.6 Å². The molecule has 1 aromatic heterocycles. The van der Waals surface area contributed by atoms with Crippen molar-refractivity contribution in [2.24, 2.45) is 5.92 Å². The fourth-order valence-corrected chi connectivity index (χ4v) is 5.19. The number of nitrogens with zero attached hydrogens (tertiary/aromatic N) is 3. The van der Waals surface area contributed by atoms with Gasteiger partial charge in [0.1, 0.15) is 5.69 Å². The number of halogens is 2. The molecule has 5 nitrogen and oxygen atoms in total. The van der Waals surface area contributed by atoms with Gasteiger partial charge in [0.2, 0.25) is 0 Å². The summed E-state index contributed by atoms with van der Waals surface area (Å²) in [6, 6.07) is 0.453. The molecule has 3 aliphatic rings. The van der Waals surface area contributed by atoms with Crippen molar-refractivity contribution < 1.29 is 8.78 Å². The number of pyridine rings is 1. The van der Waals surface area contributed by atoms with Crippen molar-refractivity contribution >= 4 is 22.3 Å². The highest BCUT2D eigenvalue weighted by Gasteiger charge is 2.40. The van der Waals surface area contributed by atoms with Gasteiger partial charge in [0.25, 0.3) is 0 Å². The van der Waals surface area contributed by atoms with E-state index in [0.717, 1.165) is 32.2 Å². The normalized spacial score (nSPS) is 25.5.